The van der Waals surface area contributed by atoms with E-state index in [1.165, 1.54) is 13.8 Å². The molecule has 1 aromatic heterocycles. The molecule has 0 radical (unpaired) electrons. The summed E-state index contributed by atoms with van der Waals surface area (Å²) >= 11 is 0. The van der Waals surface area contributed by atoms with Gasteiger partial charge in [0.2, 0.25) is 17.8 Å². The van der Waals surface area contributed by atoms with E-state index in [1.54, 1.807) is 12.3 Å². The van der Waals surface area contributed by atoms with E-state index in [4.69, 9.17) is 4.52 Å². The number of hydrogen-bond acceptors (Lipinski definition) is 6. The summed E-state index contributed by atoms with van der Waals surface area (Å²) in [5, 5.41) is 3.21. The molecule has 184 valence electrons. The van der Waals surface area contributed by atoms with Crippen molar-refractivity contribution in [2.75, 3.05) is 9.73 Å². The average Bonchev–Trinajstić information content (AvgIpc) is 2.97. The number of halogens is 6. The van der Waals surface area contributed by atoms with Crippen LogP contribution in [0.4, 0.5) is 37.9 Å². The van der Waals surface area contributed by atoms with Gasteiger partial charge in [-0.1, -0.05) is 12.1 Å². The van der Waals surface area contributed by atoms with E-state index >= 15 is 0 Å². The minimum absolute atomic E-state index is 0.172. The summed E-state index contributed by atoms with van der Waals surface area (Å²) in [6.45, 7) is 4.60. The molecule has 2 N–H and O–H groups in total. The normalized spacial score (nSPS) is 12.7. The third kappa shape index (κ3) is 6.30. The average molecular weight is 502 g/mol. The number of hydrazine groups is 1. The lowest BCUT2D eigenvalue weighted by Gasteiger charge is -2.35. The molecule has 2 aromatic rings. The number of carbonyl (C=O) groups is 1. The molecule has 1 aromatic carbocycles. The van der Waals surface area contributed by atoms with Crippen molar-refractivity contribution < 1.29 is 44.1 Å². The van der Waals surface area contributed by atoms with Gasteiger partial charge in [-0.3, -0.25) is 15.2 Å². The predicted molar refractivity (Wildman–Crippen MR) is 105 cm³/mol. The summed E-state index contributed by atoms with van der Waals surface area (Å²) < 4.78 is 112. The summed E-state index contributed by atoms with van der Waals surface area (Å²) in [6.07, 6.45) is -11.8. The minimum atomic E-state index is -5.80. The Bertz CT molecular complexity index is 1070. The number of hydrogen-bond donors (Lipinski definition) is 2. The number of nitrogens with one attached hydrogen (secondary N) is 2. The summed E-state index contributed by atoms with van der Waals surface area (Å²) in [5.41, 5.74) is 1.69. The zero-order valence-electron chi connectivity index (χ0n) is 17.5. The second-order valence-electron chi connectivity index (χ2n) is 6.96. The predicted octanol–water partition coefficient (Wildman–Crippen LogP) is 4.22. The molecule has 1 heterocycles. The van der Waals surface area contributed by atoms with Crippen molar-refractivity contribution in [3.63, 3.8) is 0 Å². The van der Waals surface area contributed by atoms with E-state index in [-0.39, 0.29) is 23.7 Å². The number of anilines is 2. The Balaban J connectivity index is 2.44. The van der Waals surface area contributed by atoms with E-state index in [2.05, 4.69) is 9.88 Å². The van der Waals surface area contributed by atoms with E-state index in [0.717, 1.165) is 12.1 Å². The number of sulfonamides is 1. The summed E-state index contributed by atoms with van der Waals surface area (Å²) in [4.78, 5) is 11.4. The molecule has 8 nitrogen and oxygen atoms in total. The third-order valence-corrected chi connectivity index (χ3v) is 5.76. The topological polar surface area (TPSA) is 105 Å². The van der Waals surface area contributed by atoms with Gasteiger partial charge in [-0.15, -0.1) is 0 Å². The van der Waals surface area contributed by atoms with Crippen molar-refractivity contribution in [1.29, 1.82) is 0 Å². The van der Waals surface area contributed by atoms with E-state index in [9.17, 15) is 39.6 Å². The molecule has 0 saturated heterocycles. The number of benzene rings is 1. The van der Waals surface area contributed by atoms with Gasteiger partial charge in [0.05, 0.1) is 16.3 Å². The molecule has 2 rings (SSSR count). The maximum absolute atomic E-state index is 13.3. The Morgan fingerprint density at radius 3 is 2.06 bits per heavy atom. The first kappa shape index (κ1) is 26.3. The van der Waals surface area contributed by atoms with Crippen LogP contribution in [0.25, 0.3) is 0 Å². The first-order valence-electron chi connectivity index (χ1n) is 9.35. The molecular weight excluding hydrogens is 482 g/mol. The highest BCUT2D eigenvalue weighted by molar-refractivity contribution is 7.92. The van der Waals surface area contributed by atoms with Gasteiger partial charge in [0.1, 0.15) is 0 Å². The first-order chi connectivity index (χ1) is 15.1. The van der Waals surface area contributed by atoms with Gasteiger partial charge in [-0.25, -0.2) is 13.1 Å². The number of carbonyl (C=O) groups excluding carboxylic acids is 1. The first-order valence-corrected chi connectivity index (χ1v) is 10.8. The second-order valence-corrected chi connectivity index (χ2v) is 8.64. The fraction of sp³-hybridized carbons (Fsp3) is 0.444. The van der Waals surface area contributed by atoms with Crippen LogP contribution in [0.3, 0.4) is 0 Å². The molecule has 1 amide bonds. The molecule has 0 atom stereocenters. The Morgan fingerprint density at radius 2 is 1.64 bits per heavy atom. The van der Waals surface area contributed by atoms with Crippen molar-refractivity contribution in [2.45, 2.75) is 56.9 Å². The van der Waals surface area contributed by atoms with Crippen molar-refractivity contribution >= 4 is 27.5 Å². The Hall–Kier alpha value is -2.97. The van der Waals surface area contributed by atoms with Gasteiger partial charge in [-0.2, -0.15) is 26.3 Å². The standard InChI is InChI=1S/C18H20F6N4O4S/c1-4-5-14(29)25-28(16(17(19,20)21)18(22,23)24)12-6-8-13(9-7-12)33(30,31)27-15-10(2)11(3)26-32-15/h6-9,16,27H,4-5H2,1-3H3,(H,25,29). The van der Waals surface area contributed by atoms with Gasteiger partial charge in [0.25, 0.3) is 10.0 Å². The largest absolute Gasteiger partial charge is 0.419 e. The number of aromatic nitrogens is 1. The van der Waals surface area contributed by atoms with Crippen LogP contribution in [0, 0.1) is 13.8 Å². The molecule has 0 unspecified atom stereocenters. The molecule has 0 aliphatic carbocycles. The van der Waals surface area contributed by atoms with Crippen molar-refractivity contribution in [3.05, 3.63) is 35.5 Å². The highest BCUT2D eigenvalue weighted by Gasteiger charge is 2.60. The van der Waals surface area contributed by atoms with Crippen LogP contribution in [0.1, 0.15) is 31.0 Å². The molecule has 0 aliphatic heterocycles. The molecule has 0 saturated carbocycles. The lowest BCUT2D eigenvalue weighted by Crippen LogP contribution is -2.61. The molecule has 15 heteroatoms. The van der Waals surface area contributed by atoms with E-state index in [1.807, 2.05) is 0 Å². The maximum Gasteiger partial charge on any atom is 0.419 e. The van der Waals surface area contributed by atoms with Crippen LogP contribution in [0.2, 0.25) is 0 Å². The highest BCUT2D eigenvalue weighted by Crippen LogP contribution is 2.38. The zero-order valence-corrected chi connectivity index (χ0v) is 18.3. The van der Waals surface area contributed by atoms with Crippen LogP contribution in [-0.2, 0) is 14.8 Å². The number of aryl methyl sites for hydroxylation is 1. The maximum atomic E-state index is 13.3. The smallest absolute Gasteiger partial charge is 0.337 e. The fourth-order valence-corrected chi connectivity index (χ4v) is 3.70. The van der Waals surface area contributed by atoms with Crippen LogP contribution < -0.4 is 15.2 Å². The van der Waals surface area contributed by atoms with Gasteiger partial charge in [0, 0.05) is 12.0 Å². The Morgan fingerprint density at radius 1 is 1.09 bits per heavy atom. The van der Waals surface area contributed by atoms with Crippen molar-refractivity contribution in [1.82, 2.24) is 10.6 Å². The summed E-state index contributed by atoms with van der Waals surface area (Å²) in [6, 6.07) is -1.06. The molecule has 0 bridgehead atoms. The van der Waals surface area contributed by atoms with Crippen molar-refractivity contribution in [2.24, 2.45) is 0 Å². The number of rotatable bonds is 8. The van der Waals surface area contributed by atoms with Crippen LogP contribution in [0.5, 0.6) is 0 Å². The third-order valence-electron chi connectivity index (χ3n) is 4.41. The van der Waals surface area contributed by atoms with Crippen molar-refractivity contribution in [3.8, 4) is 0 Å². The molecular formula is C18H20F6N4O4S. The lowest BCUT2D eigenvalue weighted by atomic mass is 10.2. The monoisotopic (exact) mass is 502 g/mol. The number of amides is 1. The Kier molecular flexibility index (Phi) is 7.56. The lowest BCUT2D eigenvalue weighted by molar-refractivity contribution is -0.251. The zero-order chi connectivity index (χ0) is 25.2. The summed E-state index contributed by atoms with van der Waals surface area (Å²) in [7, 11) is -4.31. The van der Waals surface area contributed by atoms with E-state index < -0.39 is 44.9 Å². The van der Waals surface area contributed by atoms with Crippen LogP contribution >= 0.6 is 0 Å². The number of alkyl halides is 6. The van der Waals surface area contributed by atoms with Gasteiger partial charge in [-0.05, 0) is 44.5 Å². The van der Waals surface area contributed by atoms with Crippen LogP contribution in [0.15, 0.2) is 33.7 Å². The Labute approximate surface area is 184 Å². The van der Waals surface area contributed by atoms with Gasteiger partial charge < -0.3 is 4.52 Å². The van der Waals surface area contributed by atoms with Gasteiger partial charge >= 0.3 is 12.4 Å². The second kappa shape index (κ2) is 9.49. The summed E-state index contributed by atoms with van der Waals surface area (Å²) in [5.74, 6) is -1.27. The molecule has 0 fully saturated rings. The molecule has 33 heavy (non-hydrogen) atoms. The number of nitrogens with zero attached hydrogens (tertiary/aromatic N) is 2. The van der Waals surface area contributed by atoms with E-state index in [0.29, 0.717) is 23.4 Å². The SMILES string of the molecule is CCCC(=O)NN(c1ccc(S(=O)(=O)Nc2onc(C)c2C)cc1)C(C(F)(F)F)C(F)(F)F. The molecule has 0 spiro atoms. The minimum Gasteiger partial charge on any atom is -0.337 e. The highest BCUT2D eigenvalue weighted by atomic mass is 32.2. The van der Waals surface area contributed by atoms with Gasteiger partial charge in [0.15, 0.2) is 0 Å². The quantitative estimate of drug-likeness (QED) is 0.414. The molecule has 0 aliphatic rings. The fourth-order valence-electron chi connectivity index (χ4n) is 2.65. The van der Waals surface area contributed by atoms with Crippen LogP contribution in [-0.4, -0.2) is 37.9 Å².